The molecular weight excluding hydrogens is 354 g/mol. The Kier molecular flexibility index (Phi) is 7.00. The Balaban J connectivity index is 0.00000243. The normalized spacial score (nSPS) is 15.5. The van der Waals surface area contributed by atoms with Crippen molar-refractivity contribution in [1.82, 2.24) is 5.32 Å². The van der Waals surface area contributed by atoms with Gasteiger partial charge in [-0.1, -0.05) is 6.07 Å². The highest BCUT2D eigenvalue weighted by Gasteiger charge is 2.23. The fraction of sp³-hybridized carbons (Fsp3) is 0.400. The van der Waals surface area contributed by atoms with Crippen LogP contribution >= 0.6 is 0 Å². The first-order valence-corrected chi connectivity index (χ1v) is 8.39. The molecule has 0 saturated heterocycles. The van der Waals surface area contributed by atoms with Gasteiger partial charge in [0.15, 0.2) is 23.0 Å². The van der Waals surface area contributed by atoms with Crippen LogP contribution in [-0.2, 0) is 12.8 Å². The fourth-order valence-corrected chi connectivity index (χ4v) is 3.39. The molecule has 0 amide bonds. The van der Waals surface area contributed by atoms with Gasteiger partial charge in [-0.25, -0.2) is 0 Å². The number of ether oxygens (including phenoxy) is 4. The molecule has 0 aliphatic carbocycles. The summed E-state index contributed by atoms with van der Waals surface area (Å²) in [4.78, 5) is 0. The first kappa shape index (κ1) is 20.2. The molecule has 1 atom stereocenters. The maximum Gasteiger partial charge on any atom is 0.161 e. The summed E-state index contributed by atoms with van der Waals surface area (Å²) in [5.74, 6) is 3.05. The van der Waals surface area contributed by atoms with E-state index in [4.69, 9.17) is 18.9 Å². The molecule has 0 fully saturated rings. The first-order valence-electron chi connectivity index (χ1n) is 8.39. The molecule has 26 heavy (non-hydrogen) atoms. The third-order valence-corrected chi connectivity index (χ3v) is 4.69. The van der Waals surface area contributed by atoms with Crippen LogP contribution in [0.4, 0.5) is 0 Å². The predicted molar refractivity (Wildman–Crippen MR) is 97.2 cm³/mol. The van der Waals surface area contributed by atoms with Crippen LogP contribution in [0.3, 0.4) is 0 Å². The molecule has 142 valence electrons. The third-order valence-electron chi connectivity index (χ3n) is 4.69. The summed E-state index contributed by atoms with van der Waals surface area (Å²) in [7, 11) is 6.65. The zero-order valence-electron chi connectivity index (χ0n) is 15.6. The van der Waals surface area contributed by atoms with E-state index in [1.807, 2.05) is 12.1 Å². The van der Waals surface area contributed by atoms with E-state index in [1.54, 1.807) is 28.4 Å². The van der Waals surface area contributed by atoms with E-state index in [0.29, 0.717) is 0 Å². The number of rotatable bonds is 6. The van der Waals surface area contributed by atoms with E-state index in [0.717, 1.165) is 42.4 Å². The van der Waals surface area contributed by atoms with Gasteiger partial charge in [0.25, 0.3) is 0 Å². The van der Waals surface area contributed by atoms with Crippen LogP contribution in [-0.4, -0.2) is 35.0 Å². The van der Waals surface area contributed by atoms with Crippen molar-refractivity contribution in [2.75, 3.05) is 35.0 Å². The minimum absolute atomic E-state index is 0. The van der Waals surface area contributed by atoms with Gasteiger partial charge in [0.1, 0.15) is 0 Å². The van der Waals surface area contributed by atoms with Crippen molar-refractivity contribution in [3.63, 3.8) is 0 Å². The average molecular weight is 379 g/mol. The summed E-state index contributed by atoms with van der Waals surface area (Å²) >= 11 is 0. The van der Waals surface area contributed by atoms with Crippen molar-refractivity contribution in [2.45, 2.75) is 18.9 Å². The number of nitrogens with one attached hydrogen (secondary N) is 1. The molecule has 0 spiro atoms. The summed E-state index contributed by atoms with van der Waals surface area (Å²) < 4.78 is 21.7. The largest absolute Gasteiger partial charge is 1.00 e. The van der Waals surface area contributed by atoms with E-state index in [1.165, 1.54) is 16.7 Å². The van der Waals surface area contributed by atoms with Gasteiger partial charge >= 0.3 is 0 Å². The van der Waals surface area contributed by atoms with Crippen molar-refractivity contribution in [2.24, 2.45) is 0 Å². The van der Waals surface area contributed by atoms with Crippen molar-refractivity contribution < 1.29 is 31.4 Å². The van der Waals surface area contributed by atoms with Gasteiger partial charge in [-0.3, -0.25) is 0 Å². The van der Waals surface area contributed by atoms with Crippen LogP contribution in [0, 0.1) is 0 Å². The van der Waals surface area contributed by atoms with Gasteiger partial charge in [-0.05, 0) is 60.3 Å². The van der Waals surface area contributed by atoms with Gasteiger partial charge in [0, 0.05) is 6.04 Å². The molecule has 1 aliphatic heterocycles. The Bertz CT molecular complexity index is 751. The Morgan fingerprint density at radius 2 is 1.46 bits per heavy atom. The smallest absolute Gasteiger partial charge is 0.161 e. The van der Waals surface area contributed by atoms with Crippen molar-refractivity contribution in [3.8, 4) is 23.0 Å². The molecule has 2 aromatic carbocycles. The number of benzene rings is 2. The zero-order valence-corrected chi connectivity index (χ0v) is 16.4. The lowest BCUT2D eigenvalue weighted by Gasteiger charge is -2.28. The third kappa shape index (κ3) is 4.00. The molecule has 3 rings (SSSR count). The van der Waals surface area contributed by atoms with E-state index in [-0.39, 0.29) is 18.4 Å². The summed E-state index contributed by atoms with van der Waals surface area (Å²) in [6.45, 7) is 0.945. The summed E-state index contributed by atoms with van der Waals surface area (Å²) in [6.07, 6.45) is 1.85. The number of halogens is 1. The van der Waals surface area contributed by atoms with Crippen LogP contribution in [0.5, 0.6) is 23.0 Å². The molecule has 0 saturated carbocycles. The second kappa shape index (κ2) is 9.01. The van der Waals surface area contributed by atoms with Crippen LogP contribution in [0.1, 0.15) is 22.7 Å². The fourth-order valence-electron chi connectivity index (χ4n) is 3.39. The summed E-state index contributed by atoms with van der Waals surface area (Å²) in [5, 5.41) is 3.61. The predicted octanol–water partition coefficient (Wildman–Crippen LogP) is 0.155. The maximum atomic E-state index is 5.48. The van der Waals surface area contributed by atoms with E-state index in [9.17, 15) is 0 Å². The summed E-state index contributed by atoms with van der Waals surface area (Å²) in [5.41, 5.74) is 3.76. The van der Waals surface area contributed by atoms with Crippen LogP contribution in [0.2, 0.25) is 0 Å². The second-order valence-electron chi connectivity index (χ2n) is 6.06. The summed E-state index contributed by atoms with van der Waals surface area (Å²) in [6, 6.07) is 10.5. The van der Waals surface area contributed by atoms with Crippen molar-refractivity contribution in [1.29, 1.82) is 0 Å². The lowest BCUT2D eigenvalue weighted by molar-refractivity contribution is -0.00000625. The van der Waals surface area contributed by atoms with Gasteiger partial charge in [-0.2, -0.15) is 0 Å². The molecule has 5 nitrogen and oxygen atoms in total. The van der Waals surface area contributed by atoms with Gasteiger partial charge in [0.2, 0.25) is 0 Å². The van der Waals surface area contributed by atoms with E-state index in [2.05, 4.69) is 23.5 Å². The molecule has 1 heterocycles. The molecule has 6 heteroatoms. The molecule has 0 aromatic heterocycles. The Labute approximate surface area is 161 Å². The van der Waals surface area contributed by atoms with Gasteiger partial charge < -0.3 is 36.7 Å². The lowest BCUT2D eigenvalue weighted by atomic mass is 9.89. The first-order chi connectivity index (χ1) is 12.2. The number of hydrogen-bond acceptors (Lipinski definition) is 5. The van der Waals surface area contributed by atoms with Crippen LogP contribution in [0.25, 0.3) is 0 Å². The van der Waals surface area contributed by atoms with E-state index < -0.39 is 0 Å². The quantitative estimate of drug-likeness (QED) is 0.775. The van der Waals surface area contributed by atoms with Crippen LogP contribution < -0.4 is 36.7 Å². The standard InChI is InChI=1S/C20H25NO4.ClH/c1-22-17-6-5-13(10-18(17)23-2)9-16-15-12-20(25-4)19(24-3)11-14(15)7-8-21-16;/h5-6,10-12,16,21H,7-9H2,1-4H3;1H/p-1. The monoisotopic (exact) mass is 378 g/mol. The molecule has 0 radical (unpaired) electrons. The molecule has 1 unspecified atom stereocenters. The maximum absolute atomic E-state index is 5.48. The van der Waals surface area contributed by atoms with Crippen molar-refractivity contribution in [3.05, 3.63) is 47.0 Å². The Hall–Kier alpha value is -2.11. The highest BCUT2D eigenvalue weighted by molar-refractivity contribution is 5.50. The van der Waals surface area contributed by atoms with Gasteiger partial charge in [0.05, 0.1) is 28.4 Å². The minimum Gasteiger partial charge on any atom is -1.00 e. The average Bonchev–Trinajstić information content (AvgIpc) is 2.66. The number of fused-ring (bicyclic) bond motifs is 1. The highest BCUT2D eigenvalue weighted by Crippen LogP contribution is 2.37. The molecule has 2 aromatic rings. The second-order valence-corrected chi connectivity index (χ2v) is 6.06. The molecular formula is C20H25ClNO4-. The highest BCUT2D eigenvalue weighted by atomic mass is 35.5. The zero-order chi connectivity index (χ0) is 17.8. The lowest BCUT2D eigenvalue weighted by Crippen LogP contribution is -3.00. The number of methoxy groups -OCH3 is 4. The minimum atomic E-state index is 0. The van der Waals surface area contributed by atoms with Crippen LogP contribution in [0.15, 0.2) is 30.3 Å². The Morgan fingerprint density at radius 3 is 2.12 bits per heavy atom. The van der Waals surface area contributed by atoms with Gasteiger partial charge in [-0.15, -0.1) is 0 Å². The number of hydrogen-bond donors (Lipinski definition) is 1. The topological polar surface area (TPSA) is 49.0 Å². The SMILES string of the molecule is COc1ccc(CC2NCCc3cc(OC)c(OC)cc32)cc1OC.[Cl-]. The van der Waals surface area contributed by atoms with E-state index >= 15 is 0 Å². The molecule has 1 N–H and O–H groups in total. The molecule has 1 aliphatic rings. The molecule has 0 bridgehead atoms. The van der Waals surface area contributed by atoms with Crippen molar-refractivity contribution >= 4 is 0 Å². The Morgan fingerprint density at radius 1 is 0.846 bits per heavy atom.